The highest BCUT2D eigenvalue weighted by Gasteiger charge is 2.22. The van der Waals surface area contributed by atoms with Crippen molar-refractivity contribution in [1.29, 1.82) is 0 Å². The summed E-state index contributed by atoms with van der Waals surface area (Å²) < 4.78 is 1.39. The molecule has 0 aliphatic rings. The van der Waals surface area contributed by atoms with Gasteiger partial charge in [-0.3, -0.25) is 4.79 Å². The molecule has 20 heavy (non-hydrogen) atoms. The lowest BCUT2D eigenvalue weighted by Crippen LogP contribution is -2.41. The minimum Gasteiger partial charge on any atom is -0.480 e. The van der Waals surface area contributed by atoms with Crippen LogP contribution < -0.4 is 5.32 Å². The van der Waals surface area contributed by atoms with E-state index in [4.69, 9.17) is 10.2 Å². The van der Waals surface area contributed by atoms with Crippen LogP contribution in [0.4, 0.5) is 0 Å². The van der Waals surface area contributed by atoms with Gasteiger partial charge in [-0.15, -0.1) is 0 Å². The van der Waals surface area contributed by atoms with Crippen molar-refractivity contribution >= 4 is 17.7 Å². The van der Waals surface area contributed by atoms with Crippen molar-refractivity contribution in [3.05, 3.63) is 23.8 Å². The third kappa shape index (κ3) is 2.57. The van der Waals surface area contributed by atoms with Gasteiger partial charge in [-0.05, 0) is 6.92 Å². The van der Waals surface area contributed by atoms with Crippen LogP contribution in [0, 0.1) is 6.92 Å². The number of hydrogen-bond donors (Lipinski definition) is 3. The van der Waals surface area contributed by atoms with Crippen molar-refractivity contribution < 1.29 is 19.8 Å². The van der Waals surface area contributed by atoms with E-state index in [0.717, 1.165) is 0 Å². The number of fused-ring (bicyclic) bond motifs is 1. The highest BCUT2D eigenvalue weighted by Crippen LogP contribution is 2.08. The maximum absolute atomic E-state index is 12.1. The number of rotatable bonds is 5. The van der Waals surface area contributed by atoms with Gasteiger partial charge in [0, 0.05) is 19.2 Å². The molecule has 0 saturated heterocycles. The second-order valence-electron chi connectivity index (χ2n) is 4.11. The van der Waals surface area contributed by atoms with Crippen molar-refractivity contribution in [1.82, 2.24) is 24.9 Å². The minimum atomic E-state index is -1.21. The lowest BCUT2D eigenvalue weighted by molar-refractivity contribution is -0.139. The Balaban J connectivity index is 2.26. The van der Waals surface area contributed by atoms with Gasteiger partial charge in [0.2, 0.25) is 0 Å². The molecule has 0 fully saturated rings. The highest BCUT2D eigenvalue weighted by atomic mass is 16.4. The van der Waals surface area contributed by atoms with Crippen molar-refractivity contribution in [3.8, 4) is 0 Å². The molecule has 1 amide bonds. The fourth-order valence-corrected chi connectivity index (χ4v) is 1.74. The maximum Gasteiger partial charge on any atom is 0.326 e. The van der Waals surface area contributed by atoms with Crippen LogP contribution in [0.15, 0.2) is 12.5 Å². The number of carbonyl (C=O) groups is 2. The lowest BCUT2D eigenvalue weighted by Gasteiger charge is -2.14. The van der Waals surface area contributed by atoms with Crippen LogP contribution in [0.1, 0.15) is 22.5 Å². The van der Waals surface area contributed by atoms with Crippen LogP contribution in [-0.2, 0) is 4.79 Å². The quantitative estimate of drug-likeness (QED) is 0.639. The molecule has 2 aromatic heterocycles. The third-order valence-corrected chi connectivity index (χ3v) is 2.81. The summed E-state index contributed by atoms with van der Waals surface area (Å²) in [7, 11) is 0. The van der Waals surface area contributed by atoms with Gasteiger partial charge in [0.05, 0.1) is 11.3 Å². The predicted molar refractivity (Wildman–Crippen MR) is 66.1 cm³/mol. The van der Waals surface area contributed by atoms with Gasteiger partial charge >= 0.3 is 5.97 Å². The molecule has 2 rings (SSSR count). The number of aliphatic hydroxyl groups is 1. The van der Waals surface area contributed by atoms with Gasteiger partial charge in [0.15, 0.2) is 0 Å². The van der Waals surface area contributed by atoms with E-state index in [9.17, 15) is 9.59 Å². The average Bonchev–Trinajstić information content (AvgIpc) is 2.87. The van der Waals surface area contributed by atoms with Crippen molar-refractivity contribution in [2.24, 2.45) is 0 Å². The number of aliphatic carboxylic acids is 1. The first-order valence-corrected chi connectivity index (χ1v) is 5.84. The summed E-state index contributed by atoms with van der Waals surface area (Å²) in [4.78, 5) is 30.8. The zero-order valence-corrected chi connectivity index (χ0v) is 10.6. The normalized spacial score (nSPS) is 12.3. The fourth-order valence-electron chi connectivity index (χ4n) is 1.74. The molecule has 2 heterocycles. The average molecular weight is 279 g/mol. The van der Waals surface area contributed by atoms with Crippen molar-refractivity contribution in [3.63, 3.8) is 0 Å². The molecule has 0 aromatic carbocycles. The van der Waals surface area contributed by atoms with E-state index in [-0.39, 0.29) is 18.6 Å². The zero-order valence-electron chi connectivity index (χ0n) is 10.6. The molecule has 0 aliphatic carbocycles. The van der Waals surface area contributed by atoms with Crippen LogP contribution in [-0.4, -0.2) is 54.3 Å². The molecule has 106 valence electrons. The molecule has 3 N–H and O–H groups in total. The summed E-state index contributed by atoms with van der Waals surface area (Å²) in [5.41, 5.74) is 0.699. The van der Waals surface area contributed by atoms with Gasteiger partial charge in [0.25, 0.3) is 11.7 Å². The fraction of sp³-hybridized carbons (Fsp3) is 0.364. The SMILES string of the molecule is Cc1c(C(=O)N[C@@H](CCO)C(=O)O)cnc2ncnn12. The van der Waals surface area contributed by atoms with E-state index >= 15 is 0 Å². The monoisotopic (exact) mass is 279 g/mol. The smallest absolute Gasteiger partial charge is 0.326 e. The number of nitrogens with one attached hydrogen (secondary N) is 1. The van der Waals surface area contributed by atoms with Gasteiger partial charge < -0.3 is 15.5 Å². The van der Waals surface area contributed by atoms with Crippen LogP contribution >= 0.6 is 0 Å². The summed E-state index contributed by atoms with van der Waals surface area (Å²) in [5, 5.41) is 24.0. The van der Waals surface area contributed by atoms with E-state index in [1.165, 1.54) is 17.0 Å². The molecule has 0 bridgehead atoms. The minimum absolute atomic E-state index is 0.0703. The standard InChI is InChI=1S/C11H13N5O4/c1-6-7(4-12-11-13-5-14-16(6)11)9(18)15-8(2-3-17)10(19)20/h4-5,8,17H,2-3H2,1H3,(H,15,18)(H,19,20)/t8-/m0/s1. The van der Waals surface area contributed by atoms with E-state index in [1.807, 2.05) is 0 Å². The molecular weight excluding hydrogens is 266 g/mol. The van der Waals surface area contributed by atoms with Gasteiger partial charge in [-0.2, -0.15) is 10.1 Å². The summed E-state index contributed by atoms with van der Waals surface area (Å²) in [5.74, 6) is -1.45. The van der Waals surface area contributed by atoms with Crippen LogP contribution in [0.5, 0.6) is 0 Å². The summed E-state index contributed by atoms with van der Waals surface area (Å²) in [6.45, 7) is 1.32. The van der Waals surface area contributed by atoms with E-state index in [1.54, 1.807) is 6.92 Å². The third-order valence-electron chi connectivity index (χ3n) is 2.81. The first-order valence-electron chi connectivity index (χ1n) is 5.84. The molecule has 0 radical (unpaired) electrons. The van der Waals surface area contributed by atoms with E-state index < -0.39 is 17.9 Å². The van der Waals surface area contributed by atoms with Crippen LogP contribution in [0.3, 0.4) is 0 Å². The van der Waals surface area contributed by atoms with E-state index in [0.29, 0.717) is 11.5 Å². The van der Waals surface area contributed by atoms with Gasteiger partial charge in [-0.1, -0.05) is 0 Å². The van der Waals surface area contributed by atoms with E-state index in [2.05, 4.69) is 20.4 Å². The molecule has 0 saturated carbocycles. The Hall–Kier alpha value is -2.55. The van der Waals surface area contributed by atoms with Gasteiger partial charge in [-0.25, -0.2) is 14.3 Å². The first-order chi connectivity index (χ1) is 9.54. The van der Waals surface area contributed by atoms with Crippen LogP contribution in [0.25, 0.3) is 5.78 Å². The maximum atomic E-state index is 12.1. The molecular formula is C11H13N5O4. The number of hydrogen-bond acceptors (Lipinski definition) is 6. The van der Waals surface area contributed by atoms with Crippen molar-refractivity contribution in [2.45, 2.75) is 19.4 Å². The summed E-state index contributed by atoms with van der Waals surface area (Å²) in [6.07, 6.45) is 2.55. The zero-order chi connectivity index (χ0) is 14.7. The summed E-state index contributed by atoms with van der Waals surface area (Å²) >= 11 is 0. The Morgan fingerprint density at radius 2 is 2.20 bits per heavy atom. The number of carboxylic acids is 1. The van der Waals surface area contributed by atoms with Gasteiger partial charge in [0.1, 0.15) is 12.4 Å². The molecule has 9 nitrogen and oxygen atoms in total. The molecule has 0 unspecified atom stereocenters. The topological polar surface area (TPSA) is 130 Å². The summed E-state index contributed by atoms with van der Waals surface area (Å²) in [6, 6.07) is -1.15. The Kier molecular flexibility index (Phi) is 3.89. The second-order valence-corrected chi connectivity index (χ2v) is 4.11. The Morgan fingerprint density at radius 1 is 1.45 bits per heavy atom. The molecule has 1 atom stereocenters. The number of aryl methyl sites for hydroxylation is 1. The number of carbonyl (C=O) groups excluding carboxylic acids is 1. The molecule has 2 aromatic rings. The number of nitrogens with zero attached hydrogens (tertiary/aromatic N) is 4. The first kappa shape index (κ1) is 13.9. The largest absolute Gasteiger partial charge is 0.480 e. The molecule has 9 heteroatoms. The number of carboxylic acid groups (broad SMARTS) is 1. The second kappa shape index (κ2) is 5.61. The number of aromatic nitrogens is 4. The Bertz CT molecular complexity index is 653. The number of aliphatic hydroxyl groups excluding tert-OH is 1. The molecule has 0 spiro atoms. The number of amides is 1. The highest BCUT2D eigenvalue weighted by molar-refractivity contribution is 5.97. The molecule has 0 aliphatic heterocycles. The predicted octanol–water partition coefficient (Wildman–Crippen LogP) is -1.00. The Labute approximate surface area is 113 Å². The van der Waals surface area contributed by atoms with Crippen LogP contribution in [0.2, 0.25) is 0 Å². The van der Waals surface area contributed by atoms with Crippen molar-refractivity contribution in [2.75, 3.05) is 6.61 Å². The Morgan fingerprint density at radius 3 is 2.85 bits per heavy atom. The lowest BCUT2D eigenvalue weighted by atomic mass is 10.1.